The van der Waals surface area contributed by atoms with Gasteiger partial charge in [0.1, 0.15) is 11.0 Å². The van der Waals surface area contributed by atoms with Gasteiger partial charge in [-0.05, 0) is 17.2 Å². The molecule has 4 nitrogen and oxygen atoms in total. The molecule has 25 heavy (non-hydrogen) atoms. The van der Waals surface area contributed by atoms with E-state index in [9.17, 15) is 0 Å². The summed E-state index contributed by atoms with van der Waals surface area (Å²) in [5, 5.41) is 0.513. The van der Waals surface area contributed by atoms with Crippen molar-refractivity contribution in [2.45, 2.75) is 31.1 Å². The number of ether oxygens (including phenoxy) is 1. The number of anilines is 1. The van der Waals surface area contributed by atoms with Crippen molar-refractivity contribution >= 4 is 29.2 Å². The van der Waals surface area contributed by atoms with E-state index in [1.807, 2.05) is 6.26 Å². The summed E-state index contributed by atoms with van der Waals surface area (Å²) in [6.45, 7) is 9.69. The van der Waals surface area contributed by atoms with Crippen LogP contribution in [0.4, 0.5) is 5.82 Å². The molecule has 1 aromatic heterocycles. The van der Waals surface area contributed by atoms with Gasteiger partial charge in [0, 0.05) is 18.7 Å². The fourth-order valence-electron chi connectivity index (χ4n) is 2.83. The SMILES string of the molecule is CSc1c(Cl)nc(-c2ccc(C(C)(C)C)cc2)nc1N1CCOCC1. The van der Waals surface area contributed by atoms with E-state index < -0.39 is 0 Å². The number of hydrogen-bond donors (Lipinski definition) is 0. The molecule has 1 aliphatic heterocycles. The Labute approximate surface area is 159 Å². The Morgan fingerprint density at radius 1 is 1.08 bits per heavy atom. The lowest BCUT2D eigenvalue weighted by atomic mass is 9.87. The number of thioether (sulfide) groups is 1. The van der Waals surface area contributed by atoms with E-state index in [4.69, 9.17) is 21.3 Å². The molecule has 0 bridgehead atoms. The minimum atomic E-state index is 0.124. The summed E-state index contributed by atoms with van der Waals surface area (Å²) in [6, 6.07) is 8.44. The Balaban J connectivity index is 2.00. The molecule has 2 aromatic rings. The van der Waals surface area contributed by atoms with Gasteiger partial charge in [-0.3, -0.25) is 0 Å². The highest BCUT2D eigenvalue weighted by atomic mass is 35.5. The van der Waals surface area contributed by atoms with Crippen LogP contribution in [0, 0.1) is 0 Å². The summed E-state index contributed by atoms with van der Waals surface area (Å²) < 4.78 is 5.46. The van der Waals surface area contributed by atoms with Gasteiger partial charge in [-0.25, -0.2) is 9.97 Å². The molecule has 0 atom stereocenters. The molecule has 3 rings (SSSR count). The zero-order valence-electron chi connectivity index (χ0n) is 15.2. The first-order valence-corrected chi connectivity index (χ1v) is 10.1. The maximum absolute atomic E-state index is 6.48. The van der Waals surface area contributed by atoms with Crippen LogP contribution in [-0.2, 0) is 10.2 Å². The fraction of sp³-hybridized carbons (Fsp3) is 0.474. The molecule has 0 N–H and O–H groups in total. The van der Waals surface area contributed by atoms with Crippen LogP contribution in [0.1, 0.15) is 26.3 Å². The zero-order valence-corrected chi connectivity index (χ0v) is 16.7. The lowest BCUT2D eigenvalue weighted by Gasteiger charge is -2.29. The van der Waals surface area contributed by atoms with Crippen LogP contribution < -0.4 is 4.90 Å². The number of aromatic nitrogens is 2. The Bertz CT molecular complexity index is 738. The van der Waals surface area contributed by atoms with Crippen molar-refractivity contribution < 1.29 is 4.74 Å². The fourth-order valence-corrected chi connectivity index (χ4v) is 3.79. The van der Waals surface area contributed by atoms with Crippen LogP contribution in [0.15, 0.2) is 29.2 Å². The normalized spacial score (nSPS) is 15.5. The first-order chi connectivity index (χ1) is 11.9. The first kappa shape index (κ1) is 18.5. The van der Waals surface area contributed by atoms with Gasteiger partial charge in [0.15, 0.2) is 5.82 Å². The van der Waals surface area contributed by atoms with Crippen molar-refractivity contribution in [1.29, 1.82) is 0 Å². The molecule has 0 unspecified atom stereocenters. The lowest BCUT2D eigenvalue weighted by Crippen LogP contribution is -2.37. The third-order valence-electron chi connectivity index (χ3n) is 4.33. The average Bonchev–Trinajstić information content (AvgIpc) is 2.61. The van der Waals surface area contributed by atoms with Gasteiger partial charge < -0.3 is 9.64 Å². The van der Waals surface area contributed by atoms with Gasteiger partial charge in [0.2, 0.25) is 0 Å². The second-order valence-corrected chi connectivity index (χ2v) is 8.30. The quantitative estimate of drug-likeness (QED) is 0.574. The summed E-state index contributed by atoms with van der Waals surface area (Å²) in [5.74, 6) is 1.58. The van der Waals surface area contributed by atoms with Crippen LogP contribution in [0.25, 0.3) is 11.4 Å². The molecule has 0 saturated carbocycles. The standard InChI is InChI=1S/C19H24ClN3OS/c1-19(2,3)14-7-5-13(6-8-14)17-21-16(20)15(25-4)18(22-17)23-9-11-24-12-10-23/h5-8H,9-12H2,1-4H3. The Morgan fingerprint density at radius 2 is 1.72 bits per heavy atom. The first-order valence-electron chi connectivity index (χ1n) is 8.45. The van der Waals surface area contributed by atoms with Gasteiger partial charge in [0.25, 0.3) is 0 Å². The van der Waals surface area contributed by atoms with Gasteiger partial charge in [-0.1, -0.05) is 56.6 Å². The van der Waals surface area contributed by atoms with E-state index in [2.05, 4.69) is 54.9 Å². The molecule has 2 heterocycles. The number of hydrogen-bond acceptors (Lipinski definition) is 5. The van der Waals surface area contributed by atoms with Gasteiger partial charge in [0.05, 0.1) is 18.1 Å². The topological polar surface area (TPSA) is 38.2 Å². The molecular weight excluding hydrogens is 354 g/mol. The van der Waals surface area contributed by atoms with E-state index in [-0.39, 0.29) is 5.41 Å². The number of benzene rings is 1. The Morgan fingerprint density at radius 3 is 2.28 bits per heavy atom. The van der Waals surface area contributed by atoms with E-state index in [1.54, 1.807) is 11.8 Å². The highest BCUT2D eigenvalue weighted by Gasteiger charge is 2.21. The largest absolute Gasteiger partial charge is 0.378 e. The van der Waals surface area contributed by atoms with Crippen molar-refractivity contribution in [2.24, 2.45) is 0 Å². The molecule has 0 radical (unpaired) electrons. The summed E-state index contributed by atoms with van der Waals surface area (Å²) in [5.41, 5.74) is 2.40. The predicted octanol–water partition coefficient (Wildman–Crippen LogP) is 4.65. The predicted molar refractivity (Wildman–Crippen MR) is 106 cm³/mol. The van der Waals surface area contributed by atoms with Gasteiger partial charge in [-0.15, -0.1) is 11.8 Å². The minimum Gasteiger partial charge on any atom is -0.378 e. The summed E-state index contributed by atoms with van der Waals surface area (Å²) >= 11 is 8.06. The minimum absolute atomic E-state index is 0.124. The molecule has 1 fully saturated rings. The monoisotopic (exact) mass is 377 g/mol. The maximum Gasteiger partial charge on any atom is 0.163 e. The van der Waals surface area contributed by atoms with Crippen molar-refractivity contribution in [3.05, 3.63) is 35.0 Å². The second-order valence-electron chi connectivity index (χ2n) is 7.12. The molecule has 0 aliphatic carbocycles. The highest BCUT2D eigenvalue weighted by molar-refractivity contribution is 7.98. The molecule has 1 saturated heterocycles. The van der Waals surface area contributed by atoms with Crippen LogP contribution in [-0.4, -0.2) is 42.5 Å². The van der Waals surface area contributed by atoms with Crippen LogP contribution in [0.2, 0.25) is 5.15 Å². The van der Waals surface area contributed by atoms with Crippen molar-refractivity contribution in [2.75, 3.05) is 37.5 Å². The molecule has 6 heteroatoms. The zero-order chi connectivity index (χ0) is 18.0. The number of rotatable bonds is 3. The number of morpholine rings is 1. The molecule has 0 spiro atoms. The number of nitrogens with zero attached hydrogens (tertiary/aromatic N) is 3. The summed E-state index contributed by atoms with van der Waals surface area (Å²) in [7, 11) is 0. The van der Waals surface area contributed by atoms with E-state index >= 15 is 0 Å². The maximum atomic E-state index is 6.48. The van der Waals surface area contributed by atoms with Gasteiger partial charge >= 0.3 is 0 Å². The molecule has 0 amide bonds. The van der Waals surface area contributed by atoms with Crippen molar-refractivity contribution in [3.8, 4) is 11.4 Å². The highest BCUT2D eigenvalue weighted by Crippen LogP contribution is 2.35. The third-order valence-corrected chi connectivity index (χ3v) is 5.50. The second kappa shape index (κ2) is 7.52. The Kier molecular flexibility index (Phi) is 5.56. The molecule has 1 aliphatic rings. The number of halogens is 1. The van der Waals surface area contributed by atoms with Crippen molar-refractivity contribution in [1.82, 2.24) is 9.97 Å². The van der Waals surface area contributed by atoms with E-state index in [0.717, 1.165) is 29.4 Å². The smallest absolute Gasteiger partial charge is 0.163 e. The molecular formula is C19H24ClN3OS. The van der Waals surface area contributed by atoms with Crippen LogP contribution >= 0.6 is 23.4 Å². The molecule has 134 valence electrons. The Hall–Kier alpha value is -1.30. The lowest BCUT2D eigenvalue weighted by molar-refractivity contribution is 0.122. The van der Waals surface area contributed by atoms with Gasteiger partial charge in [-0.2, -0.15) is 0 Å². The van der Waals surface area contributed by atoms with Crippen LogP contribution in [0.3, 0.4) is 0 Å². The van der Waals surface area contributed by atoms with E-state index in [1.165, 1.54) is 5.56 Å². The average molecular weight is 378 g/mol. The molecule has 1 aromatic carbocycles. The van der Waals surface area contributed by atoms with Crippen LogP contribution in [0.5, 0.6) is 0 Å². The van der Waals surface area contributed by atoms with Crippen molar-refractivity contribution in [3.63, 3.8) is 0 Å². The third kappa shape index (κ3) is 4.10. The summed E-state index contributed by atoms with van der Waals surface area (Å²) in [6.07, 6.45) is 2.01. The van der Waals surface area contributed by atoms with E-state index in [0.29, 0.717) is 24.2 Å². The summed E-state index contributed by atoms with van der Waals surface area (Å²) in [4.78, 5) is 12.5.